The van der Waals surface area contributed by atoms with E-state index in [1.807, 2.05) is 12.1 Å². The molecule has 0 atom stereocenters. The van der Waals surface area contributed by atoms with Crippen molar-refractivity contribution in [2.45, 2.75) is 0 Å². The van der Waals surface area contributed by atoms with E-state index in [2.05, 4.69) is 296 Å². The normalized spacial score (nSPS) is 11.4. The van der Waals surface area contributed by atoms with E-state index < -0.39 is 0 Å². The van der Waals surface area contributed by atoms with Gasteiger partial charge in [0.1, 0.15) is 5.01 Å². The van der Waals surface area contributed by atoms with Crippen LogP contribution in [0.1, 0.15) is 0 Å². The van der Waals surface area contributed by atoms with Crippen molar-refractivity contribution in [2.24, 2.45) is 0 Å². The molecule has 0 saturated carbocycles. The highest BCUT2D eigenvalue weighted by Crippen LogP contribution is 2.44. The zero-order chi connectivity index (χ0) is 54.3. The molecular weight excluding hydrogens is 1010 g/mol. The molecule has 0 spiro atoms. The molecule has 0 fully saturated rings. The van der Waals surface area contributed by atoms with Crippen LogP contribution in [-0.2, 0) is 0 Å². The Morgan fingerprint density at radius 3 is 1.21 bits per heavy atom. The lowest BCUT2D eigenvalue weighted by molar-refractivity contribution is 1.18. The van der Waals surface area contributed by atoms with Crippen molar-refractivity contribution in [1.82, 2.24) is 19.5 Å². The summed E-state index contributed by atoms with van der Waals surface area (Å²) < 4.78 is 3.50. The Kier molecular flexibility index (Phi) is 12.4. The van der Waals surface area contributed by atoms with Gasteiger partial charge in [-0.05, 0) is 75.8 Å². The van der Waals surface area contributed by atoms with Crippen LogP contribution >= 0.6 is 11.3 Å². The lowest BCUT2D eigenvalue weighted by atomic mass is 9.94. The second kappa shape index (κ2) is 20.9. The van der Waals surface area contributed by atoms with Crippen LogP contribution in [0.15, 0.2) is 303 Å². The Balaban J connectivity index is 0.817. The van der Waals surface area contributed by atoms with E-state index in [1.165, 1.54) is 27.4 Å². The van der Waals surface area contributed by atoms with Crippen molar-refractivity contribution in [3.05, 3.63) is 303 Å². The summed E-state index contributed by atoms with van der Waals surface area (Å²) in [6, 6.07) is 108. The van der Waals surface area contributed by atoms with Crippen LogP contribution < -0.4 is 0 Å². The lowest BCUT2D eigenvalue weighted by Gasteiger charge is -2.14. The average Bonchev–Trinajstić information content (AvgIpc) is 4.25. The first-order valence-electron chi connectivity index (χ1n) is 27.7. The molecule has 4 aromatic heterocycles. The Bertz CT molecular complexity index is 4580. The minimum Gasteiger partial charge on any atom is -0.309 e. The number of rotatable bonds is 11. The zero-order valence-corrected chi connectivity index (χ0v) is 45.4. The van der Waals surface area contributed by atoms with Gasteiger partial charge in [-0.25, -0.2) is 15.0 Å². The number of benzene rings is 11. The Morgan fingerprint density at radius 1 is 0.256 bits per heavy atom. The first-order chi connectivity index (χ1) is 40.6. The molecule has 11 aromatic carbocycles. The van der Waals surface area contributed by atoms with Crippen LogP contribution in [0.5, 0.6) is 0 Å². The Hall–Kier alpha value is -10.6. The van der Waals surface area contributed by atoms with Crippen molar-refractivity contribution >= 4 is 43.4 Å². The number of aromatic nitrogens is 4. The minimum absolute atomic E-state index is 0.947. The predicted octanol–water partition coefficient (Wildman–Crippen LogP) is 20.9. The summed E-state index contributed by atoms with van der Waals surface area (Å²) in [5.41, 5.74) is 24.9. The van der Waals surface area contributed by atoms with Crippen LogP contribution in [0, 0.1) is 0 Å². The minimum atomic E-state index is 0.947. The molecule has 0 radical (unpaired) electrons. The smallest absolute Gasteiger partial charge is 0.124 e. The van der Waals surface area contributed by atoms with E-state index in [0.29, 0.717) is 0 Å². The third-order valence-electron chi connectivity index (χ3n) is 15.7. The van der Waals surface area contributed by atoms with Gasteiger partial charge in [0.2, 0.25) is 0 Å². The molecule has 0 unspecified atom stereocenters. The van der Waals surface area contributed by atoms with Crippen molar-refractivity contribution in [3.8, 4) is 117 Å². The van der Waals surface area contributed by atoms with Gasteiger partial charge >= 0.3 is 0 Å². The lowest BCUT2D eigenvalue weighted by Crippen LogP contribution is -1.93. The van der Waals surface area contributed by atoms with Crippen LogP contribution in [0.4, 0.5) is 0 Å². The number of pyridine rings is 2. The third kappa shape index (κ3) is 8.96. The molecule has 0 aliphatic carbocycles. The molecule has 0 N–H and O–H groups in total. The molecule has 4 nitrogen and oxygen atoms in total. The standard InChI is InChI=1S/C77H50N4S/c1-6-18-56(19-7-1)69-47-45-63(73(78-69)58-22-10-3-11-23-58)52-32-34-54(35-33-52)65-43-44-66(55-38-36-53(37-39-55)64-46-48-70(57-20-8-2-9-21-57)79-74(64)59-24-12-4-13-25-59)76-75(65)80-77(82-76)60-40-30-51(31-41-60)61-42-49-72-68(50-61)67-28-16-17-29-71(67)81(72)62-26-14-5-15-27-62/h1-50H. The summed E-state index contributed by atoms with van der Waals surface area (Å²) in [5.74, 6) is 0. The molecule has 15 rings (SSSR count). The van der Waals surface area contributed by atoms with Crippen LogP contribution in [0.3, 0.4) is 0 Å². The van der Waals surface area contributed by atoms with Gasteiger partial charge in [0, 0.05) is 66.5 Å². The molecule has 5 heteroatoms. The van der Waals surface area contributed by atoms with Gasteiger partial charge in [-0.3, -0.25) is 0 Å². The Morgan fingerprint density at radius 2 is 0.659 bits per heavy atom. The maximum absolute atomic E-state index is 5.57. The molecule has 0 amide bonds. The van der Waals surface area contributed by atoms with E-state index in [1.54, 1.807) is 11.3 Å². The van der Waals surface area contributed by atoms with E-state index in [4.69, 9.17) is 15.0 Å². The first-order valence-corrected chi connectivity index (χ1v) is 28.6. The zero-order valence-electron chi connectivity index (χ0n) is 44.6. The van der Waals surface area contributed by atoms with Crippen molar-refractivity contribution < 1.29 is 0 Å². The van der Waals surface area contributed by atoms with Gasteiger partial charge in [0.15, 0.2) is 0 Å². The molecular formula is C77H50N4S. The highest BCUT2D eigenvalue weighted by molar-refractivity contribution is 7.22. The molecule has 0 saturated heterocycles. The number of para-hydroxylation sites is 2. The highest BCUT2D eigenvalue weighted by Gasteiger charge is 2.20. The Labute approximate surface area is 480 Å². The highest BCUT2D eigenvalue weighted by atomic mass is 32.1. The summed E-state index contributed by atoms with van der Waals surface area (Å²) >= 11 is 1.75. The topological polar surface area (TPSA) is 43.6 Å². The van der Waals surface area contributed by atoms with Gasteiger partial charge in [0.25, 0.3) is 0 Å². The number of hydrogen-bond donors (Lipinski definition) is 0. The summed E-state index contributed by atoms with van der Waals surface area (Å²) in [6.45, 7) is 0. The first kappa shape index (κ1) is 48.5. The second-order valence-corrected chi connectivity index (χ2v) is 21.7. The molecule has 0 aliphatic heterocycles. The summed E-state index contributed by atoms with van der Waals surface area (Å²) in [7, 11) is 0. The molecule has 15 aromatic rings. The van der Waals surface area contributed by atoms with Gasteiger partial charge < -0.3 is 4.57 Å². The second-order valence-electron chi connectivity index (χ2n) is 20.7. The van der Waals surface area contributed by atoms with Gasteiger partial charge in [-0.15, -0.1) is 11.3 Å². The largest absolute Gasteiger partial charge is 0.309 e. The van der Waals surface area contributed by atoms with Gasteiger partial charge in [-0.1, -0.05) is 261 Å². The maximum Gasteiger partial charge on any atom is 0.124 e. The SMILES string of the molecule is c1ccc(-c2ccc(-c3ccc(-c4ccc(-c5ccc(-c6ccc(-c7ccccc7)nc6-c6ccccc6)cc5)c5sc(-c6ccc(-c7ccc8c(c7)c7ccccc7n8-c7ccccc7)cc6)nc45)cc3)c(-c3ccccc3)n2)cc1. The predicted molar refractivity (Wildman–Crippen MR) is 344 cm³/mol. The molecule has 384 valence electrons. The summed E-state index contributed by atoms with van der Waals surface area (Å²) in [5, 5.41) is 3.44. The van der Waals surface area contributed by atoms with Gasteiger partial charge in [0.05, 0.1) is 44.0 Å². The number of hydrogen-bond acceptors (Lipinski definition) is 4. The van der Waals surface area contributed by atoms with Crippen molar-refractivity contribution in [3.63, 3.8) is 0 Å². The van der Waals surface area contributed by atoms with E-state index >= 15 is 0 Å². The van der Waals surface area contributed by atoms with Crippen LogP contribution in [0.25, 0.3) is 149 Å². The van der Waals surface area contributed by atoms with E-state index in [-0.39, 0.29) is 0 Å². The molecule has 0 bridgehead atoms. The fourth-order valence-electron chi connectivity index (χ4n) is 11.6. The number of thiazole rings is 1. The fraction of sp³-hybridized carbons (Fsp3) is 0. The van der Waals surface area contributed by atoms with Crippen molar-refractivity contribution in [1.29, 1.82) is 0 Å². The summed E-state index contributed by atoms with van der Waals surface area (Å²) in [4.78, 5) is 16.1. The molecule has 0 aliphatic rings. The van der Waals surface area contributed by atoms with Crippen LogP contribution in [-0.4, -0.2) is 19.5 Å². The fourth-order valence-corrected chi connectivity index (χ4v) is 12.7. The van der Waals surface area contributed by atoms with E-state index in [9.17, 15) is 0 Å². The summed E-state index contributed by atoms with van der Waals surface area (Å²) in [6.07, 6.45) is 0. The number of nitrogens with zero attached hydrogens (tertiary/aromatic N) is 4. The molecule has 4 heterocycles. The maximum atomic E-state index is 5.57. The van der Waals surface area contributed by atoms with E-state index in [0.717, 1.165) is 122 Å². The van der Waals surface area contributed by atoms with Crippen LogP contribution in [0.2, 0.25) is 0 Å². The quantitative estimate of drug-likeness (QED) is 0.130. The third-order valence-corrected chi connectivity index (χ3v) is 16.9. The monoisotopic (exact) mass is 1060 g/mol. The number of fused-ring (bicyclic) bond motifs is 4. The average molecular weight is 1060 g/mol. The van der Waals surface area contributed by atoms with Gasteiger partial charge in [-0.2, -0.15) is 0 Å². The molecule has 82 heavy (non-hydrogen) atoms. The van der Waals surface area contributed by atoms with Crippen molar-refractivity contribution in [2.75, 3.05) is 0 Å².